The van der Waals surface area contributed by atoms with Gasteiger partial charge in [0.05, 0.1) is 11.7 Å². The molecule has 0 unspecified atom stereocenters. The summed E-state index contributed by atoms with van der Waals surface area (Å²) in [6.07, 6.45) is 4.43. The molecule has 1 atom stereocenters. The van der Waals surface area contributed by atoms with Crippen molar-refractivity contribution in [3.05, 3.63) is 58.0 Å². The fourth-order valence-corrected chi connectivity index (χ4v) is 2.34. The van der Waals surface area contributed by atoms with E-state index in [1.807, 2.05) is 25.1 Å². The van der Waals surface area contributed by atoms with E-state index in [2.05, 4.69) is 20.3 Å². The molecule has 6 heteroatoms. The number of amides is 1. The fourth-order valence-electron chi connectivity index (χ4n) is 2.34. The van der Waals surface area contributed by atoms with E-state index < -0.39 is 0 Å². The lowest BCUT2D eigenvalue weighted by Crippen LogP contribution is -2.31. The summed E-state index contributed by atoms with van der Waals surface area (Å²) in [5, 5.41) is 2.90. The summed E-state index contributed by atoms with van der Waals surface area (Å²) in [7, 11) is 0. The van der Waals surface area contributed by atoms with Crippen molar-refractivity contribution in [1.82, 2.24) is 20.3 Å². The van der Waals surface area contributed by atoms with E-state index in [9.17, 15) is 9.59 Å². The highest BCUT2D eigenvalue weighted by Gasteiger charge is 2.27. The number of pyridine rings is 1. The molecule has 0 aliphatic heterocycles. The normalized spacial score (nSPS) is 15.3. The molecular formula is C16H18N4O2. The molecule has 114 valence electrons. The van der Waals surface area contributed by atoms with Crippen LogP contribution in [-0.4, -0.2) is 20.9 Å². The van der Waals surface area contributed by atoms with Gasteiger partial charge in [0.15, 0.2) is 0 Å². The van der Waals surface area contributed by atoms with Gasteiger partial charge in [0, 0.05) is 18.2 Å². The molecule has 22 heavy (non-hydrogen) atoms. The Bertz CT molecular complexity index is 722. The van der Waals surface area contributed by atoms with Crippen LogP contribution >= 0.6 is 0 Å². The summed E-state index contributed by atoms with van der Waals surface area (Å²) in [5.41, 5.74) is 0.679. The minimum absolute atomic E-state index is 0.167. The van der Waals surface area contributed by atoms with Crippen LogP contribution in [0, 0.1) is 0 Å². The molecular weight excluding hydrogens is 280 g/mol. The summed E-state index contributed by atoms with van der Waals surface area (Å²) in [6, 6.07) is 6.63. The Morgan fingerprint density at radius 3 is 2.91 bits per heavy atom. The Labute approximate surface area is 128 Å². The molecule has 0 bridgehead atoms. The Hall–Kier alpha value is -2.50. The van der Waals surface area contributed by atoms with Gasteiger partial charge in [-0.1, -0.05) is 13.0 Å². The van der Waals surface area contributed by atoms with Gasteiger partial charge in [-0.2, -0.15) is 0 Å². The third kappa shape index (κ3) is 3.21. The first kappa shape index (κ1) is 14.4. The predicted octanol–water partition coefficient (Wildman–Crippen LogP) is 1.92. The lowest BCUT2D eigenvalue weighted by atomic mass is 10.1. The van der Waals surface area contributed by atoms with E-state index in [-0.39, 0.29) is 23.2 Å². The van der Waals surface area contributed by atoms with E-state index in [1.165, 1.54) is 6.07 Å². The summed E-state index contributed by atoms with van der Waals surface area (Å²) >= 11 is 0. The number of rotatable bonds is 5. The maximum atomic E-state index is 12.4. The molecule has 1 aliphatic carbocycles. The first-order valence-electron chi connectivity index (χ1n) is 7.50. The zero-order chi connectivity index (χ0) is 15.5. The second-order valence-electron chi connectivity index (χ2n) is 5.48. The Balaban J connectivity index is 1.80. The molecule has 1 saturated carbocycles. The highest BCUT2D eigenvalue weighted by Crippen LogP contribution is 2.37. The van der Waals surface area contributed by atoms with Crippen molar-refractivity contribution in [1.29, 1.82) is 0 Å². The molecule has 0 spiro atoms. The Kier molecular flexibility index (Phi) is 4.00. The molecule has 6 nitrogen and oxygen atoms in total. The molecule has 1 fully saturated rings. The van der Waals surface area contributed by atoms with Crippen molar-refractivity contribution < 1.29 is 4.79 Å². The van der Waals surface area contributed by atoms with Gasteiger partial charge < -0.3 is 10.3 Å². The van der Waals surface area contributed by atoms with E-state index in [4.69, 9.17) is 0 Å². The largest absolute Gasteiger partial charge is 0.342 e. The van der Waals surface area contributed by atoms with Crippen LogP contribution in [0.15, 0.2) is 35.3 Å². The first-order valence-corrected chi connectivity index (χ1v) is 7.50. The summed E-state index contributed by atoms with van der Waals surface area (Å²) in [6.45, 7) is 1.97. The minimum atomic E-state index is -0.342. The number of H-pyrrole nitrogens is 1. The van der Waals surface area contributed by atoms with Crippen LogP contribution in [0.5, 0.6) is 0 Å². The van der Waals surface area contributed by atoms with Gasteiger partial charge in [0.2, 0.25) is 0 Å². The van der Waals surface area contributed by atoms with E-state index in [1.54, 1.807) is 6.20 Å². The lowest BCUT2D eigenvalue weighted by molar-refractivity contribution is 0.0929. The molecule has 2 N–H and O–H groups in total. The molecule has 2 aromatic heterocycles. The first-order chi connectivity index (χ1) is 10.7. The number of carbonyl (C=O) groups excluding carboxylic acids is 1. The summed E-state index contributed by atoms with van der Waals surface area (Å²) in [4.78, 5) is 35.3. The molecule has 0 aromatic carbocycles. The standard InChI is InChI=1S/C16H18N4O2/c1-2-11(12-5-3-4-8-17-12)19-16(22)13-9-14(21)20-15(18-13)10-6-7-10/h3-5,8-11H,2,6-7H2,1H3,(H,19,22)(H,18,20,21)/t11-/m0/s1. The van der Waals surface area contributed by atoms with E-state index >= 15 is 0 Å². The number of nitrogens with zero attached hydrogens (tertiary/aromatic N) is 2. The number of hydrogen-bond donors (Lipinski definition) is 2. The number of hydrogen-bond acceptors (Lipinski definition) is 4. The van der Waals surface area contributed by atoms with Gasteiger partial charge in [-0.25, -0.2) is 4.98 Å². The average Bonchev–Trinajstić information content (AvgIpc) is 3.37. The second-order valence-corrected chi connectivity index (χ2v) is 5.48. The Morgan fingerprint density at radius 1 is 1.45 bits per heavy atom. The number of aromatic nitrogens is 3. The van der Waals surface area contributed by atoms with Crippen LogP contribution in [0.3, 0.4) is 0 Å². The average molecular weight is 298 g/mol. The lowest BCUT2D eigenvalue weighted by Gasteiger charge is -2.16. The van der Waals surface area contributed by atoms with Crippen LogP contribution in [-0.2, 0) is 0 Å². The van der Waals surface area contributed by atoms with Gasteiger partial charge >= 0.3 is 0 Å². The molecule has 2 aromatic rings. The van der Waals surface area contributed by atoms with Crippen LogP contribution in [0.4, 0.5) is 0 Å². The third-order valence-electron chi connectivity index (χ3n) is 3.72. The van der Waals surface area contributed by atoms with Crippen molar-refractivity contribution in [2.24, 2.45) is 0 Å². The highest BCUT2D eigenvalue weighted by atomic mass is 16.2. The van der Waals surface area contributed by atoms with Gasteiger partial charge in [-0.3, -0.25) is 14.6 Å². The summed E-state index contributed by atoms with van der Waals surface area (Å²) < 4.78 is 0. The topological polar surface area (TPSA) is 87.7 Å². The van der Waals surface area contributed by atoms with Crippen molar-refractivity contribution in [3.63, 3.8) is 0 Å². The SMILES string of the molecule is CC[C@H](NC(=O)c1cc(=O)[nH]c(C2CC2)n1)c1ccccn1. The van der Waals surface area contributed by atoms with Crippen molar-refractivity contribution in [3.8, 4) is 0 Å². The van der Waals surface area contributed by atoms with Crippen molar-refractivity contribution in [2.75, 3.05) is 0 Å². The van der Waals surface area contributed by atoms with Crippen LogP contribution in [0.1, 0.15) is 60.2 Å². The third-order valence-corrected chi connectivity index (χ3v) is 3.72. The molecule has 1 amide bonds. The zero-order valence-corrected chi connectivity index (χ0v) is 12.4. The minimum Gasteiger partial charge on any atom is -0.342 e. The van der Waals surface area contributed by atoms with Crippen molar-refractivity contribution in [2.45, 2.75) is 38.1 Å². The quantitative estimate of drug-likeness (QED) is 0.882. The molecule has 1 aliphatic rings. The number of aromatic amines is 1. The molecule has 2 heterocycles. The van der Waals surface area contributed by atoms with Gasteiger partial charge in [0.1, 0.15) is 11.5 Å². The van der Waals surface area contributed by atoms with Crippen LogP contribution in [0.25, 0.3) is 0 Å². The van der Waals surface area contributed by atoms with Gasteiger partial charge in [-0.15, -0.1) is 0 Å². The van der Waals surface area contributed by atoms with Crippen LogP contribution < -0.4 is 10.9 Å². The fraction of sp³-hybridized carbons (Fsp3) is 0.375. The molecule has 3 rings (SSSR count). The summed E-state index contributed by atoms with van der Waals surface area (Å²) in [5.74, 6) is 0.562. The smallest absolute Gasteiger partial charge is 0.270 e. The van der Waals surface area contributed by atoms with Gasteiger partial charge in [-0.05, 0) is 31.4 Å². The predicted molar refractivity (Wildman–Crippen MR) is 81.6 cm³/mol. The Morgan fingerprint density at radius 2 is 2.27 bits per heavy atom. The molecule has 0 saturated heterocycles. The maximum Gasteiger partial charge on any atom is 0.270 e. The highest BCUT2D eigenvalue weighted by molar-refractivity contribution is 5.92. The maximum absolute atomic E-state index is 12.4. The number of carbonyl (C=O) groups is 1. The molecule has 0 radical (unpaired) electrons. The van der Waals surface area contributed by atoms with E-state index in [0.29, 0.717) is 18.2 Å². The number of nitrogens with one attached hydrogen (secondary N) is 2. The zero-order valence-electron chi connectivity index (χ0n) is 12.4. The second kappa shape index (κ2) is 6.09. The van der Waals surface area contributed by atoms with Crippen molar-refractivity contribution >= 4 is 5.91 Å². The van der Waals surface area contributed by atoms with Gasteiger partial charge in [0.25, 0.3) is 11.5 Å². The monoisotopic (exact) mass is 298 g/mol. The van der Waals surface area contributed by atoms with E-state index in [0.717, 1.165) is 18.5 Å². The van der Waals surface area contributed by atoms with Crippen LogP contribution in [0.2, 0.25) is 0 Å².